The van der Waals surface area contributed by atoms with Crippen LogP contribution >= 0.6 is 23.2 Å². The molecule has 1 fully saturated rings. The average molecular weight is 430 g/mol. The molecule has 1 saturated carbocycles. The van der Waals surface area contributed by atoms with E-state index in [1.54, 1.807) is 0 Å². The van der Waals surface area contributed by atoms with Crippen LogP contribution in [0.5, 0.6) is 0 Å². The Hall–Kier alpha value is -2.04. The number of halogens is 5. The number of nitriles is 1. The van der Waals surface area contributed by atoms with Crippen molar-refractivity contribution in [3.8, 4) is 11.8 Å². The van der Waals surface area contributed by atoms with E-state index in [0.717, 1.165) is 16.8 Å². The van der Waals surface area contributed by atoms with Gasteiger partial charge in [-0.15, -0.1) is 0 Å². The Bertz CT molecular complexity index is 995. The molecule has 1 aromatic heterocycles. The van der Waals surface area contributed by atoms with Gasteiger partial charge in [0.05, 0.1) is 21.2 Å². The summed E-state index contributed by atoms with van der Waals surface area (Å²) in [5.74, 6) is -0.541. The van der Waals surface area contributed by atoms with Gasteiger partial charge >= 0.3 is 6.18 Å². The molecule has 0 aliphatic heterocycles. The zero-order valence-electron chi connectivity index (χ0n) is 15.4. The first-order valence-corrected chi connectivity index (χ1v) is 9.09. The van der Waals surface area contributed by atoms with Gasteiger partial charge in [-0.05, 0) is 23.0 Å². The second kappa shape index (κ2) is 6.23. The summed E-state index contributed by atoms with van der Waals surface area (Å²) in [6, 6.07) is 3.31. The van der Waals surface area contributed by atoms with Gasteiger partial charge in [0.1, 0.15) is 11.8 Å². The number of aromatic nitrogens is 2. The van der Waals surface area contributed by atoms with Crippen molar-refractivity contribution in [3.05, 3.63) is 45.2 Å². The van der Waals surface area contributed by atoms with E-state index in [1.165, 1.54) is 6.20 Å². The first kappa shape index (κ1) is 20.7. The van der Waals surface area contributed by atoms with Crippen molar-refractivity contribution < 1.29 is 18.0 Å². The summed E-state index contributed by atoms with van der Waals surface area (Å²) in [5.41, 5.74) is -1.56. The number of carbonyl (C=O) groups is 1. The largest absolute Gasteiger partial charge is 0.416 e. The zero-order valence-corrected chi connectivity index (χ0v) is 17.0. The second-order valence-electron chi connectivity index (χ2n) is 7.97. The van der Waals surface area contributed by atoms with Gasteiger partial charge in [-0.1, -0.05) is 50.9 Å². The molecule has 28 heavy (non-hydrogen) atoms. The molecule has 0 spiro atoms. The molecule has 1 aliphatic rings. The van der Waals surface area contributed by atoms with Crippen LogP contribution in [0.2, 0.25) is 10.0 Å². The third-order valence-electron chi connectivity index (χ3n) is 5.94. The van der Waals surface area contributed by atoms with E-state index in [2.05, 4.69) is 5.10 Å². The molecule has 0 radical (unpaired) electrons. The SMILES string of the molecule is CC1(C)C(C(=O)c2cn(-c3c(Cl)cc(C(F)(F)F)cc3Cl)nc2C#N)C1(C)C. The van der Waals surface area contributed by atoms with Gasteiger partial charge in [-0.2, -0.15) is 23.5 Å². The van der Waals surface area contributed by atoms with E-state index in [1.807, 2.05) is 33.8 Å². The molecular weight excluding hydrogens is 414 g/mol. The lowest BCUT2D eigenvalue weighted by atomic mass is 10.0. The van der Waals surface area contributed by atoms with Crippen molar-refractivity contribution >= 4 is 29.0 Å². The van der Waals surface area contributed by atoms with Crippen LogP contribution in [-0.2, 0) is 6.18 Å². The fraction of sp³-hybridized carbons (Fsp3) is 0.421. The van der Waals surface area contributed by atoms with Crippen molar-refractivity contribution in [2.75, 3.05) is 0 Å². The lowest BCUT2D eigenvalue weighted by molar-refractivity contribution is -0.137. The van der Waals surface area contributed by atoms with Crippen molar-refractivity contribution in [1.82, 2.24) is 9.78 Å². The summed E-state index contributed by atoms with van der Waals surface area (Å²) >= 11 is 12.0. The minimum Gasteiger partial charge on any atom is -0.294 e. The average Bonchev–Trinajstić information content (AvgIpc) is 2.85. The molecule has 9 heteroatoms. The number of rotatable bonds is 3. The number of nitrogens with zero attached hydrogens (tertiary/aromatic N) is 3. The molecule has 0 bridgehead atoms. The molecule has 1 aromatic carbocycles. The van der Waals surface area contributed by atoms with Crippen LogP contribution in [0, 0.1) is 28.1 Å². The van der Waals surface area contributed by atoms with E-state index in [-0.39, 0.29) is 49.5 Å². The predicted octanol–water partition coefficient (Wildman–Crippen LogP) is 5.93. The van der Waals surface area contributed by atoms with Gasteiger partial charge < -0.3 is 0 Å². The van der Waals surface area contributed by atoms with E-state index in [4.69, 9.17) is 23.2 Å². The molecule has 148 valence electrons. The molecule has 0 unspecified atom stereocenters. The molecule has 0 amide bonds. The minimum atomic E-state index is -4.61. The smallest absolute Gasteiger partial charge is 0.294 e. The lowest BCUT2D eigenvalue weighted by Crippen LogP contribution is -2.08. The summed E-state index contributed by atoms with van der Waals surface area (Å²) in [4.78, 5) is 13.0. The van der Waals surface area contributed by atoms with Crippen LogP contribution in [0.1, 0.15) is 49.3 Å². The van der Waals surface area contributed by atoms with Crippen molar-refractivity contribution in [3.63, 3.8) is 0 Å². The van der Waals surface area contributed by atoms with Gasteiger partial charge in [0, 0.05) is 12.1 Å². The van der Waals surface area contributed by atoms with Crippen LogP contribution in [0.3, 0.4) is 0 Å². The summed E-state index contributed by atoms with van der Waals surface area (Å²) in [6.45, 7) is 7.87. The number of hydrogen-bond donors (Lipinski definition) is 0. The van der Waals surface area contributed by atoms with E-state index in [0.29, 0.717) is 0 Å². The highest BCUT2D eigenvalue weighted by Gasteiger charge is 2.68. The highest BCUT2D eigenvalue weighted by Crippen LogP contribution is 2.69. The van der Waals surface area contributed by atoms with Gasteiger partial charge in [0.15, 0.2) is 11.5 Å². The Balaban J connectivity index is 2.08. The van der Waals surface area contributed by atoms with E-state index in [9.17, 15) is 23.2 Å². The van der Waals surface area contributed by atoms with Gasteiger partial charge in [0.25, 0.3) is 0 Å². The molecule has 3 rings (SSSR count). The third-order valence-corrected chi connectivity index (χ3v) is 6.52. The number of alkyl halides is 3. The maximum atomic E-state index is 13.0. The molecular formula is C19H16Cl2F3N3O. The lowest BCUT2D eigenvalue weighted by Gasteiger charge is -2.12. The second-order valence-corrected chi connectivity index (χ2v) is 8.79. The number of Topliss-reactive ketones (excluding diaryl/α,β-unsaturated/α-hetero) is 1. The summed E-state index contributed by atoms with van der Waals surface area (Å²) < 4.78 is 39.9. The number of carbonyl (C=O) groups excluding carboxylic acids is 1. The highest BCUT2D eigenvalue weighted by atomic mass is 35.5. The van der Waals surface area contributed by atoms with Crippen LogP contribution in [0.25, 0.3) is 5.69 Å². The Morgan fingerprint density at radius 3 is 2.07 bits per heavy atom. The Labute approximate surface area is 169 Å². The van der Waals surface area contributed by atoms with Gasteiger partial charge in [-0.25, -0.2) is 4.68 Å². The van der Waals surface area contributed by atoms with Crippen molar-refractivity contribution in [1.29, 1.82) is 5.26 Å². The van der Waals surface area contributed by atoms with Crippen LogP contribution in [0.4, 0.5) is 13.2 Å². The number of ketones is 1. The Kier molecular flexibility index (Phi) is 4.60. The van der Waals surface area contributed by atoms with Crippen LogP contribution in [-0.4, -0.2) is 15.6 Å². The molecule has 2 aromatic rings. The summed E-state index contributed by atoms with van der Waals surface area (Å²) in [7, 11) is 0. The fourth-order valence-corrected chi connectivity index (χ4v) is 4.37. The maximum Gasteiger partial charge on any atom is 0.416 e. The van der Waals surface area contributed by atoms with Gasteiger partial charge in [0.2, 0.25) is 0 Å². The summed E-state index contributed by atoms with van der Waals surface area (Å²) in [5, 5.41) is 12.8. The molecule has 0 N–H and O–H groups in total. The van der Waals surface area contributed by atoms with Crippen LogP contribution in [0.15, 0.2) is 18.3 Å². The molecule has 0 saturated heterocycles. The zero-order chi connectivity index (χ0) is 21.2. The third kappa shape index (κ3) is 2.99. The normalized spacial score (nSPS) is 18.0. The molecule has 4 nitrogen and oxygen atoms in total. The van der Waals surface area contributed by atoms with Crippen LogP contribution < -0.4 is 0 Å². The van der Waals surface area contributed by atoms with Crippen molar-refractivity contribution in [2.45, 2.75) is 33.9 Å². The predicted molar refractivity (Wildman–Crippen MR) is 98.7 cm³/mol. The first-order chi connectivity index (χ1) is 12.7. The highest BCUT2D eigenvalue weighted by molar-refractivity contribution is 6.37. The van der Waals surface area contributed by atoms with Gasteiger partial charge in [-0.3, -0.25) is 4.79 Å². The number of benzene rings is 1. The topological polar surface area (TPSA) is 58.7 Å². The Morgan fingerprint density at radius 2 is 1.68 bits per heavy atom. The van der Waals surface area contributed by atoms with E-state index >= 15 is 0 Å². The Morgan fingerprint density at radius 1 is 1.18 bits per heavy atom. The molecule has 1 heterocycles. The summed E-state index contributed by atoms with van der Waals surface area (Å²) in [6.07, 6.45) is -3.32. The quantitative estimate of drug-likeness (QED) is 0.567. The fourth-order valence-electron chi connectivity index (χ4n) is 3.71. The van der Waals surface area contributed by atoms with Crippen molar-refractivity contribution in [2.24, 2.45) is 16.7 Å². The first-order valence-electron chi connectivity index (χ1n) is 8.34. The maximum absolute atomic E-state index is 13.0. The minimum absolute atomic E-state index is 0.0267. The molecule has 1 aliphatic carbocycles. The standard InChI is InChI=1S/C19H16Cl2F3N3O/c1-17(2)16(18(17,3)4)15(28)10-8-27(26-13(10)7-25)14-11(20)5-9(6-12(14)21)19(22,23)24/h5-6,8,16H,1-4H3. The molecule has 0 atom stereocenters. The number of hydrogen-bond acceptors (Lipinski definition) is 3. The van der Waals surface area contributed by atoms with E-state index < -0.39 is 11.7 Å². The monoisotopic (exact) mass is 429 g/mol.